The van der Waals surface area contributed by atoms with Crippen molar-refractivity contribution in [1.29, 1.82) is 0 Å². The molecule has 0 bridgehead atoms. The molecule has 0 spiro atoms. The molecule has 8 heteroatoms. The minimum atomic E-state index is -0.570. The number of H-pyrrole nitrogens is 1. The fraction of sp³-hybridized carbons (Fsp3) is 0.133. The highest BCUT2D eigenvalue weighted by molar-refractivity contribution is 9.10. The van der Waals surface area contributed by atoms with Gasteiger partial charge in [0.2, 0.25) is 17.3 Å². The Morgan fingerprint density at radius 2 is 1.78 bits per heavy atom. The molecule has 0 amide bonds. The Labute approximate surface area is 138 Å². The van der Waals surface area contributed by atoms with E-state index in [0.717, 1.165) is 0 Å². The highest BCUT2D eigenvalue weighted by atomic mass is 79.9. The molecule has 1 aliphatic rings. The van der Waals surface area contributed by atoms with Crippen molar-refractivity contribution in [2.75, 3.05) is 14.2 Å². The van der Waals surface area contributed by atoms with E-state index in [4.69, 9.17) is 9.47 Å². The Hall–Kier alpha value is -2.48. The molecule has 0 radical (unpaired) electrons. The molecule has 0 saturated carbocycles. The first-order valence-corrected chi connectivity index (χ1v) is 7.24. The van der Waals surface area contributed by atoms with Gasteiger partial charge in [0.1, 0.15) is 23.0 Å². The molecule has 0 aliphatic heterocycles. The van der Waals surface area contributed by atoms with Crippen molar-refractivity contribution >= 4 is 27.5 Å². The fourth-order valence-corrected chi connectivity index (χ4v) is 2.53. The van der Waals surface area contributed by atoms with E-state index < -0.39 is 17.4 Å². The van der Waals surface area contributed by atoms with Crippen LogP contribution in [0.1, 0.15) is 21.0 Å². The third kappa shape index (κ3) is 2.35. The van der Waals surface area contributed by atoms with Crippen LogP contribution in [0, 0.1) is 5.82 Å². The lowest BCUT2D eigenvalue weighted by molar-refractivity contribution is 0.0823. The lowest BCUT2D eigenvalue weighted by Gasteiger charge is -2.14. The number of methoxy groups -OCH3 is 2. The van der Waals surface area contributed by atoms with E-state index in [1.165, 1.54) is 26.4 Å². The number of allylic oxidation sites excluding steroid dienone is 2. The van der Waals surface area contributed by atoms with Crippen molar-refractivity contribution in [2.24, 2.45) is 0 Å². The first kappa shape index (κ1) is 15.4. The monoisotopic (exact) mass is 380 g/mol. The summed E-state index contributed by atoms with van der Waals surface area (Å²) in [7, 11) is 2.54. The van der Waals surface area contributed by atoms with Gasteiger partial charge in [-0.05, 0) is 34.1 Å². The number of carbonyl (C=O) groups excluding carboxylic acids is 2. The molecule has 23 heavy (non-hydrogen) atoms. The zero-order valence-corrected chi connectivity index (χ0v) is 13.7. The fourth-order valence-electron chi connectivity index (χ4n) is 2.28. The standard InChI is InChI=1S/C15H10BrFN2O4/c1-22-13-11(20)9-10(12(21)14(13)23-2)19-15(18-9)6-3-4-7(16)8(17)5-6/h3-5H,1-2H3,(H,18,19). The van der Waals surface area contributed by atoms with Crippen LogP contribution < -0.4 is 0 Å². The highest BCUT2D eigenvalue weighted by Crippen LogP contribution is 2.29. The molecule has 0 atom stereocenters. The minimum absolute atomic E-state index is 0.00835. The van der Waals surface area contributed by atoms with Crippen LogP contribution in [0.25, 0.3) is 11.4 Å². The summed E-state index contributed by atoms with van der Waals surface area (Å²) in [6, 6.07) is 4.36. The van der Waals surface area contributed by atoms with Crippen molar-refractivity contribution in [1.82, 2.24) is 9.97 Å². The molecule has 3 rings (SSSR count). The van der Waals surface area contributed by atoms with Gasteiger partial charge in [0.05, 0.1) is 18.7 Å². The molecule has 1 N–H and O–H groups in total. The number of imidazole rings is 1. The van der Waals surface area contributed by atoms with Crippen LogP contribution in [0.5, 0.6) is 0 Å². The van der Waals surface area contributed by atoms with E-state index in [-0.39, 0.29) is 28.7 Å². The SMILES string of the molecule is COC1=C(OC)C(=O)c2[nH]c(-c3ccc(Br)c(F)c3)nc2C1=O. The Morgan fingerprint density at radius 1 is 1.13 bits per heavy atom. The number of aromatic nitrogens is 2. The van der Waals surface area contributed by atoms with E-state index in [1.807, 2.05) is 0 Å². The normalized spacial score (nSPS) is 14.1. The number of carbonyl (C=O) groups is 2. The summed E-state index contributed by atoms with van der Waals surface area (Å²) in [5.74, 6) is -1.79. The van der Waals surface area contributed by atoms with Crippen LogP contribution in [0.2, 0.25) is 0 Å². The van der Waals surface area contributed by atoms with E-state index >= 15 is 0 Å². The second-order valence-corrected chi connectivity index (χ2v) is 5.52. The summed E-state index contributed by atoms with van der Waals surface area (Å²) < 4.78 is 23.9. The van der Waals surface area contributed by atoms with Crippen LogP contribution in [0.4, 0.5) is 4.39 Å². The number of halogens is 2. The Morgan fingerprint density at radius 3 is 2.39 bits per heavy atom. The number of ether oxygens (including phenoxy) is 2. The van der Waals surface area contributed by atoms with Crippen molar-refractivity contribution in [3.05, 3.63) is 51.4 Å². The molecule has 6 nitrogen and oxygen atoms in total. The molecule has 1 aromatic carbocycles. The number of aromatic amines is 1. The highest BCUT2D eigenvalue weighted by Gasteiger charge is 2.37. The van der Waals surface area contributed by atoms with Gasteiger partial charge in [-0.25, -0.2) is 9.37 Å². The van der Waals surface area contributed by atoms with Gasteiger partial charge in [0.15, 0.2) is 0 Å². The van der Waals surface area contributed by atoms with E-state index in [0.29, 0.717) is 10.0 Å². The zero-order chi connectivity index (χ0) is 16.7. The van der Waals surface area contributed by atoms with Crippen LogP contribution in [-0.4, -0.2) is 35.8 Å². The molecule has 118 valence electrons. The predicted octanol–water partition coefficient (Wildman–Crippen LogP) is 2.86. The molecule has 1 heterocycles. The van der Waals surface area contributed by atoms with Gasteiger partial charge < -0.3 is 14.5 Å². The number of hydrogen-bond donors (Lipinski definition) is 1. The number of benzene rings is 1. The quantitative estimate of drug-likeness (QED) is 0.885. The lowest BCUT2D eigenvalue weighted by Crippen LogP contribution is -2.24. The number of rotatable bonds is 3. The summed E-state index contributed by atoms with van der Waals surface area (Å²) in [4.78, 5) is 31.6. The third-order valence-corrected chi connectivity index (χ3v) is 4.01. The summed E-state index contributed by atoms with van der Waals surface area (Å²) in [5.41, 5.74) is 0.315. The first-order valence-electron chi connectivity index (χ1n) is 6.45. The third-order valence-electron chi connectivity index (χ3n) is 3.37. The summed E-state index contributed by atoms with van der Waals surface area (Å²) in [5, 5.41) is 0. The van der Waals surface area contributed by atoms with Gasteiger partial charge in [0, 0.05) is 5.56 Å². The lowest BCUT2D eigenvalue weighted by atomic mass is 10.0. The Kier molecular flexibility index (Phi) is 3.77. The van der Waals surface area contributed by atoms with Gasteiger partial charge in [-0.3, -0.25) is 9.59 Å². The molecule has 0 saturated heterocycles. The van der Waals surface area contributed by atoms with E-state index in [9.17, 15) is 14.0 Å². The average molecular weight is 381 g/mol. The second kappa shape index (κ2) is 5.62. The topological polar surface area (TPSA) is 81.3 Å². The van der Waals surface area contributed by atoms with E-state index in [1.54, 1.807) is 6.07 Å². The van der Waals surface area contributed by atoms with Crippen molar-refractivity contribution in [2.45, 2.75) is 0 Å². The van der Waals surface area contributed by atoms with Gasteiger partial charge in [-0.2, -0.15) is 0 Å². The number of ketones is 2. The maximum absolute atomic E-state index is 13.7. The summed E-state index contributed by atoms with van der Waals surface area (Å²) in [6.07, 6.45) is 0. The molecule has 0 fully saturated rings. The summed E-state index contributed by atoms with van der Waals surface area (Å²) >= 11 is 3.06. The van der Waals surface area contributed by atoms with Gasteiger partial charge >= 0.3 is 0 Å². The molecular formula is C15H10BrFN2O4. The summed E-state index contributed by atoms with van der Waals surface area (Å²) in [6.45, 7) is 0. The second-order valence-electron chi connectivity index (χ2n) is 4.66. The number of hydrogen-bond acceptors (Lipinski definition) is 5. The molecular weight excluding hydrogens is 371 g/mol. The van der Waals surface area contributed by atoms with Crippen LogP contribution >= 0.6 is 15.9 Å². The molecule has 0 unspecified atom stereocenters. The molecule has 1 aliphatic carbocycles. The number of nitrogens with zero attached hydrogens (tertiary/aromatic N) is 1. The predicted molar refractivity (Wildman–Crippen MR) is 81.4 cm³/mol. The zero-order valence-electron chi connectivity index (χ0n) is 12.1. The van der Waals surface area contributed by atoms with Crippen LogP contribution in [-0.2, 0) is 9.47 Å². The maximum atomic E-state index is 13.7. The Bertz CT molecular complexity index is 829. The van der Waals surface area contributed by atoms with Gasteiger partial charge in [0.25, 0.3) is 5.78 Å². The van der Waals surface area contributed by atoms with Crippen LogP contribution in [0.3, 0.4) is 0 Å². The van der Waals surface area contributed by atoms with Gasteiger partial charge in [-0.1, -0.05) is 0 Å². The van der Waals surface area contributed by atoms with Crippen molar-refractivity contribution in [3.8, 4) is 11.4 Å². The van der Waals surface area contributed by atoms with Gasteiger partial charge in [-0.15, -0.1) is 0 Å². The van der Waals surface area contributed by atoms with Crippen LogP contribution in [0.15, 0.2) is 34.2 Å². The molecule has 2 aromatic rings. The van der Waals surface area contributed by atoms with E-state index in [2.05, 4.69) is 25.9 Å². The molecule has 1 aromatic heterocycles. The smallest absolute Gasteiger partial charge is 0.252 e. The number of fused-ring (bicyclic) bond motifs is 1. The Balaban J connectivity index is 2.13. The first-order chi connectivity index (χ1) is 11.0. The van der Waals surface area contributed by atoms with Crippen molar-refractivity contribution < 1.29 is 23.5 Å². The number of Topliss-reactive ketones (excluding diaryl/α,β-unsaturated/α-hetero) is 2. The largest absolute Gasteiger partial charge is 0.489 e. The maximum Gasteiger partial charge on any atom is 0.252 e. The average Bonchev–Trinajstić information content (AvgIpc) is 2.99. The number of nitrogens with one attached hydrogen (secondary N) is 1. The minimum Gasteiger partial charge on any atom is -0.489 e. The van der Waals surface area contributed by atoms with Crippen molar-refractivity contribution in [3.63, 3.8) is 0 Å².